The van der Waals surface area contributed by atoms with E-state index in [1.54, 1.807) is 7.11 Å². The summed E-state index contributed by atoms with van der Waals surface area (Å²) in [6.45, 7) is 2.46. The fraction of sp³-hybridized carbons (Fsp3) is 0.545. The van der Waals surface area contributed by atoms with Crippen LogP contribution < -0.4 is 16.2 Å². The summed E-state index contributed by atoms with van der Waals surface area (Å²) in [5, 5.41) is 4.02. The zero-order chi connectivity index (χ0) is 14.7. The van der Waals surface area contributed by atoms with Crippen molar-refractivity contribution in [2.45, 2.75) is 6.42 Å². The molecule has 2 aromatic rings. The number of nitrogens with zero attached hydrogens (tertiary/aromatic N) is 7. The first-order chi connectivity index (χ1) is 10.3. The van der Waals surface area contributed by atoms with Gasteiger partial charge in [-0.15, -0.1) is 0 Å². The van der Waals surface area contributed by atoms with Crippen molar-refractivity contribution in [3.8, 4) is 5.95 Å². The third-order valence-corrected chi connectivity index (χ3v) is 3.34. The summed E-state index contributed by atoms with van der Waals surface area (Å²) in [5.41, 5.74) is 2.45. The molecule has 0 spiro atoms. The normalized spacial score (nSPS) is 18.2. The van der Waals surface area contributed by atoms with Crippen molar-refractivity contribution in [2.24, 2.45) is 11.8 Å². The molecule has 0 aliphatic carbocycles. The van der Waals surface area contributed by atoms with E-state index >= 15 is 0 Å². The zero-order valence-corrected chi connectivity index (χ0v) is 11.7. The number of nitrogen functional groups attached to an aromatic ring is 1. The number of ether oxygens (including phenoxy) is 1. The molecule has 3 rings (SSSR count). The second kappa shape index (κ2) is 5.97. The van der Waals surface area contributed by atoms with Gasteiger partial charge in [0.25, 0.3) is 5.95 Å². The molecule has 3 heterocycles. The van der Waals surface area contributed by atoms with Crippen molar-refractivity contribution >= 4 is 11.9 Å². The molecule has 0 saturated carbocycles. The third-order valence-electron chi connectivity index (χ3n) is 3.34. The van der Waals surface area contributed by atoms with Gasteiger partial charge in [0, 0.05) is 26.1 Å². The Morgan fingerprint density at radius 2 is 2.24 bits per heavy atom. The van der Waals surface area contributed by atoms with Crippen LogP contribution in [-0.4, -0.2) is 56.5 Å². The van der Waals surface area contributed by atoms with Crippen molar-refractivity contribution in [1.82, 2.24) is 29.7 Å². The minimum absolute atomic E-state index is 0.292. The maximum atomic E-state index is 5.43. The molecule has 112 valence electrons. The van der Waals surface area contributed by atoms with E-state index in [0.717, 1.165) is 26.1 Å². The molecule has 0 radical (unpaired) electrons. The van der Waals surface area contributed by atoms with Gasteiger partial charge in [-0.25, -0.2) is 10.8 Å². The van der Waals surface area contributed by atoms with Gasteiger partial charge < -0.3 is 9.64 Å². The average molecular weight is 291 g/mol. The maximum Gasteiger partial charge on any atom is 0.258 e. The quantitative estimate of drug-likeness (QED) is 0.539. The molecule has 0 amide bonds. The van der Waals surface area contributed by atoms with Crippen LogP contribution in [0.25, 0.3) is 5.95 Å². The number of hydrazine groups is 1. The first kappa shape index (κ1) is 13.6. The standard InChI is InChI=1S/C11H17N9O/c1-21-5-8-2-3-19(4-8)10-15-9(18-12)16-11(17-10)20-7-13-6-14-20/h6-8H,2-5,12H2,1H3,(H,15,16,17,18). The highest BCUT2D eigenvalue weighted by Gasteiger charge is 2.25. The lowest BCUT2D eigenvalue weighted by molar-refractivity contribution is 0.161. The molecule has 10 heteroatoms. The Kier molecular flexibility index (Phi) is 3.88. The molecule has 1 unspecified atom stereocenters. The molecule has 1 aliphatic rings. The van der Waals surface area contributed by atoms with Crippen LogP contribution in [0.4, 0.5) is 11.9 Å². The van der Waals surface area contributed by atoms with Gasteiger partial charge in [-0.05, 0) is 6.42 Å². The van der Waals surface area contributed by atoms with Crippen molar-refractivity contribution in [1.29, 1.82) is 0 Å². The molecule has 1 fully saturated rings. The summed E-state index contributed by atoms with van der Waals surface area (Å²) in [6.07, 6.45) is 3.99. The van der Waals surface area contributed by atoms with E-state index in [2.05, 4.69) is 35.4 Å². The first-order valence-electron chi connectivity index (χ1n) is 6.61. The van der Waals surface area contributed by atoms with E-state index in [-0.39, 0.29) is 0 Å². The van der Waals surface area contributed by atoms with Crippen molar-refractivity contribution in [3.63, 3.8) is 0 Å². The lowest BCUT2D eigenvalue weighted by Gasteiger charge is -2.17. The molecule has 2 aromatic heterocycles. The van der Waals surface area contributed by atoms with Crippen LogP contribution in [0.3, 0.4) is 0 Å². The van der Waals surface area contributed by atoms with Gasteiger partial charge in [-0.3, -0.25) is 5.43 Å². The predicted molar refractivity (Wildman–Crippen MR) is 74.8 cm³/mol. The van der Waals surface area contributed by atoms with Crippen LogP contribution in [0.15, 0.2) is 12.7 Å². The molecular weight excluding hydrogens is 274 g/mol. The summed E-state index contributed by atoms with van der Waals surface area (Å²) in [4.78, 5) is 18.9. The number of rotatable bonds is 5. The smallest absolute Gasteiger partial charge is 0.258 e. The number of methoxy groups -OCH3 is 1. The summed E-state index contributed by atoms with van der Waals surface area (Å²) in [6, 6.07) is 0. The Morgan fingerprint density at radius 1 is 1.38 bits per heavy atom. The van der Waals surface area contributed by atoms with E-state index in [1.807, 2.05) is 0 Å². The van der Waals surface area contributed by atoms with E-state index in [9.17, 15) is 0 Å². The summed E-state index contributed by atoms with van der Waals surface area (Å²) in [5.74, 6) is 7.15. The van der Waals surface area contributed by atoms with Gasteiger partial charge >= 0.3 is 0 Å². The number of hydrogen-bond acceptors (Lipinski definition) is 9. The molecule has 21 heavy (non-hydrogen) atoms. The van der Waals surface area contributed by atoms with Crippen LogP contribution in [0.2, 0.25) is 0 Å². The topological polar surface area (TPSA) is 120 Å². The number of nitrogens with one attached hydrogen (secondary N) is 1. The van der Waals surface area contributed by atoms with E-state index in [0.29, 0.717) is 23.8 Å². The van der Waals surface area contributed by atoms with Crippen molar-refractivity contribution in [2.75, 3.05) is 37.1 Å². The Hall–Kier alpha value is -2.33. The molecule has 3 N–H and O–H groups in total. The molecule has 10 nitrogen and oxygen atoms in total. The minimum Gasteiger partial charge on any atom is -0.384 e. The Balaban J connectivity index is 1.87. The fourth-order valence-electron chi connectivity index (χ4n) is 2.36. The van der Waals surface area contributed by atoms with Gasteiger partial charge in [0.1, 0.15) is 12.7 Å². The molecule has 1 atom stereocenters. The molecule has 1 aliphatic heterocycles. The molecular formula is C11H17N9O. The highest BCUT2D eigenvalue weighted by Crippen LogP contribution is 2.22. The first-order valence-corrected chi connectivity index (χ1v) is 6.61. The SMILES string of the molecule is COCC1CCN(c2nc(NN)nc(-n3cncn3)n2)C1. The fourth-order valence-corrected chi connectivity index (χ4v) is 2.36. The Labute approximate surface area is 121 Å². The van der Waals surface area contributed by atoms with Gasteiger partial charge in [-0.1, -0.05) is 0 Å². The van der Waals surface area contributed by atoms with Gasteiger partial charge in [-0.2, -0.15) is 24.7 Å². The third kappa shape index (κ3) is 2.90. The zero-order valence-electron chi connectivity index (χ0n) is 11.7. The second-order valence-electron chi connectivity index (χ2n) is 4.80. The average Bonchev–Trinajstić information content (AvgIpc) is 3.18. The van der Waals surface area contributed by atoms with Crippen LogP contribution in [0.5, 0.6) is 0 Å². The summed E-state index contributed by atoms with van der Waals surface area (Å²) >= 11 is 0. The maximum absolute atomic E-state index is 5.43. The second-order valence-corrected chi connectivity index (χ2v) is 4.80. The Morgan fingerprint density at radius 3 is 2.95 bits per heavy atom. The van der Waals surface area contributed by atoms with Crippen molar-refractivity contribution < 1.29 is 4.74 Å². The van der Waals surface area contributed by atoms with Crippen LogP contribution in [-0.2, 0) is 4.74 Å². The van der Waals surface area contributed by atoms with E-state index < -0.39 is 0 Å². The highest BCUT2D eigenvalue weighted by molar-refractivity contribution is 5.40. The lowest BCUT2D eigenvalue weighted by atomic mass is 10.1. The van der Waals surface area contributed by atoms with Crippen LogP contribution >= 0.6 is 0 Å². The number of anilines is 2. The van der Waals surface area contributed by atoms with Gasteiger partial charge in [0.15, 0.2) is 0 Å². The highest BCUT2D eigenvalue weighted by atomic mass is 16.5. The van der Waals surface area contributed by atoms with Crippen molar-refractivity contribution in [3.05, 3.63) is 12.7 Å². The van der Waals surface area contributed by atoms with Crippen LogP contribution in [0, 0.1) is 5.92 Å². The summed E-state index contributed by atoms with van der Waals surface area (Å²) in [7, 11) is 1.71. The number of aromatic nitrogens is 6. The van der Waals surface area contributed by atoms with E-state index in [4.69, 9.17) is 10.6 Å². The molecule has 0 bridgehead atoms. The molecule has 1 saturated heterocycles. The van der Waals surface area contributed by atoms with Crippen LogP contribution in [0.1, 0.15) is 6.42 Å². The lowest BCUT2D eigenvalue weighted by Crippen LogP contribution is -2.25. The minimum atomic E-state index is 0.292. The van der Waals surface area contributed by atoms with E-state index in [1.165, 1.54) is 17.3 Å². The Bertz CT molecular complexity index is 587. The number of nitrogens with two attached hydrogens (primary N) is 1. The van der Waals surface area contributed by atoms with Gasteiger partial charge in [0.2, 0.25) is 11.9 Å². The molecule has 0 aromatic carbocycles. The number of hydrogen-bond donors (Lipinski definition) is 2. The predicted octanol–water partition coefficient (Wildman–Crippen LogP) is -0.789. The van der Waals surface area contributed by atoms with Gasteiger partial charge in [0.05, 0.1) is 6.61 Å². The monoisotopic (exact) mass is 291 g/mol. The summed E-state index contributed by atoms with van der Waals surface area (Å²) < 4.78 is 6.67. The largest absolute Gasteiger partial charge is 0.384 e.